The van der Waals surface area contributed by atoms with Crippen molar-refractivity contribution in [1.29, 1.82) is 0 Å². The van der Waals surface area contributed by atoms with E-state index in [1.54, 1.807) is 13.1 Å². The van der Waals surface area contributed by atoms with Crippen LogP contribution in [-0.2, 0) is 0 Å². The summed E-state index contributed by atoms with van der Waals surface area (Å²) in [5.41, 5.74) is 0.680. The van der Waals surface area contributed by atoms with E-state index in [0.29, 0.717) is 11.6 Å². The molecular formula is C14H21N3O. The summed E-state index contributed by atoms with van der Waals surface area (Å²) in [6.45, 7) is 10.2. The number of piperazine rings is 1. The molecule has 1 aromatic rings. The van der Waals surface area contributed by atoms with Crippen LogP contribution < -0.4 is 4.90 Å². The lowest BCUT2D eigenvalue weighted by Gasteiger charge is -2.37. The molecule has 1 aliphatic heterocycles. The summed E-state index contributed by atoms with van der Waals surface area (Å²) in [6.07, 6.45) is 1.67. The van der Waals surface area contributed by atoms with Gasteiger partial charge in [0.15, 0.2) is 5.78 Å². The van der Waals surface area contributed by atoms with E-state index in [1.165, 1.54) is 0 Å². The van der Waals surface area contributed by atoms with Crippen LogP contribution in [0.3, 0.4) is 0 Å². The van der Waals surface area contributed by atoms with Gasteiger partial charge in [-0.2, -0.15) is 0 Å². The van der Waals surface area contributed by atoms with E-state index in [9.17, 15) is 4.79 Å². The minimum Gasteiger partial charge on any atom is -0.354 e. The number of Topliss-reactive ketones (excluding diaryl/α,β-unsaturated/α-hetero) is 1. The Balaban J connectivity index is 1.99. The number of hydrogen-bond acceptors (Lipinski definition) is 4. The van der Waals surface area contributed by atoms with Crippen molar-refractivity contribution in [2.45, 2.75) is 26.8 Å². The zero-order valence-corrected chi connectivity index (χ0v) is 11.4. The second-order valence-corrected chi connectivity index (χ2v) is 5.08. The van der Waals surface area contributed by atoms with Crippen molar-refractivity contribution >= 4 is 11.6 Å². The van der Waals surface area contributed by atoms with Gasteiger partial charge in [0.25, 0.3) is 0 Å². The van der Waals surface area contributed by atoms with Crippen LogP contribution in [0.15, 0.2) is 18.3 Å². The second kappa shape index (κ2) is 5.48. The van der Waals surface area contributed by atoms with Crippen LogP contribution in [0, 0.1) is 0 Å². The van der Waals surface area contributed by atoms with Gasteiger partial charge in [-0.05, 0) is 32.9 Å². The number of nitrogens with zero attached hydrogens (tertiary/aromatic N) is 3. The predicted molar refractivity (Wildman–Crippen MR) is 73.2 cm³/mol. The van der Waals surface area contributed by atoms with Crippen molar-refractivity contribution in [3.63, 3.8) is 0 Å². The largest absolute Gasteiger partial charge is 0.354 e. The SMILES string of the molecule is CC(=O)c1ccc(N2CCN(C(C)C)CC2)nc1. The molecule has 0 spiro atoms. The topological polar surface area (TPSA) is 36.4 Å². The molecule has 0 radical (unpaired) electrons. The van der Waals surface area contributed by atoms with E-state index in [4.69, 9.17) is 0 Å². The first-order chi connectivity index (χ1) is 8.58. The van der Waals surface area contributed by atoms with Gasteiger partial charge in [-0.3, -0.25) is 9.69 Å². The molecule has 2 heterocycles. The molecule has 18 heavy (non-hydrogen) atoms. The lowest BCUT2D eigenvalue weighted by atomic mass is 10.2. The smallest absolute Gasteiger partial charge is 0.161 e. The van der Waals surface area contributed by atoms with Crippen molar-refractivity contribution in [3.05, 3.63) is 23.9 Å². The lowest BCUT2D eigenvalue weighted by molar-refractivity contribution is 0.101. The zero-order chi connectivity index (χ0) is 13.1. The number of carbonyl (C=O) groups excluding carboxylic acids is 1. The van der Waals surface area contributed by atoms with Gasteiger partial charge < -0.3 is 4.90 Å². The van der Waals surface area contributed by atoms with E-state index in [1.807, 2.05) is 12.1 Å². The van der Waals surface area contributed by atoms with Gasteiger partial charge in [0.05, 0.1) is 0 Å². The quantitative estimate of drug-likeness (QED) is 0.763. The molecule has 4 nitrogen and oxygen atoms in total. The fourth-order valence-corrected chi connectivity index (χ4v) is 2.25. The molecule has 0 saturated carbocycles. The van der Waals surface area contributed by atoms with Crippen LogP contribution in [0.2, 0.25) is 0 Å². The first kappa shape index (κ1) is 13.0. The van der Waals surface area contributed by atoms with Crippen LogP contribution in [0.4, 0.5) is 5.82 Å². The van der Waals surface area contributed by atoms with Gasteiger partial charge in [-0.15, -0.1) is 0 Å². The summed E-state index contributed by atoms with van der Waals surface area (Å²) in [4.78, 5) is 20.3. The maximum atomic E-state index is 11.2. The molecule has 0 atom stereocenters. The van der Waals surface area contributed by atoms with E-state index in [0.717, 1.165) is 32.0 Å². The Morgan fingerprint density at radius 2 is 1.89 bits per heavy atom. The van der Waals surface area contributed by atoms with Crippen LogP contribution >= 0.6 is 0 Å². The number of anilines is 1. The lowest BCUT2D eigenvalue weighted by Crippen LogP contribution is -2.49. The summed E-state index contributed by atoms with van der Waals surface area (Å²) in [7, 11) is 0. The van der Waals surface area contributed by atoms with Crippen LogP contribution in [0.25, 0.3) is 0 Å². The van der Waals surface area contributed by atoms with Gasteiger partial charge in [-0.1, -0.05) is 0 Å². The zero-order valence-electron chi connectivity index (χ0n) is 11.4. The molecular weight excluding hydrogens is 226 g/mol. The third kappa shape index (κ3) is 2.88. The normalized spacial score (nSPS) is 17.2. The molecule has 0 bridgehead atoms. The highest BCUT2D eigenvalue weighted by Gasteiger charge is 2.19. The van der Waals surface area contributed by atoms with Crippen LogP contribution in [0.1, 0.15) is 31.1 Å². The Morgan fingerprint density at radius 3 is 2.33 bits per heavy atom. The monoisotopic (exact) mass is 247 g/mol. The van der Waals surface area contributed by atoms with E-state index < -0.39 is 0 Å². The molecule has 4 heteroatoms. The first-order valence-electron chi connectivity index (χ1n) is 6.54. The minimum absolute atomic E-state index is 0.0682. The van der Waals surface area contributed by atoms with E-state index in [-0.39, 0.29) is 5.78 Å². The van der Waals surface area contributed by atoms with Crippen molar-refractivity contribution in [3.8, 4) is 0 Å². The Hall–Kier alpha value is -1.42. The van der Waals surface area contributed by atoms with Crippen molar-refractivity contribution in [2.24, 2.45) is 0 Å². The number of ketones is 1. The summed E-state index contributed by atoms with van der Waals surface area (Å²) < 4.78 is 0. The molecule has 0 aromatic carbocycles. The van der Waals surface area contributed by atoms with E-state index in [2.05, 4.69) is 28.6 Å². The van der Waals surface area contributed by atoms with E-state index >= 15 is 0 Å². The summed E-state index contributed by atoms with van der Waals surface area (Å²) in [5, 5.41) is 0. The van der Waals surface area contributed by atoms with Gasteiger partial charge >= 0.3 is 0 Å². The molecule has 1 aromatic heterocycles. The van der Waals surface area contributed by atoms with Crippen LogP contribution in [-0.4, -0.2) is 47.9 Å². The van der Waals surface area contributed by atoms with Gasteiger partial charge in [0.2, 0.25) is 0 Å². The Kier molecular flexibility index (Phi) is 3.97. The highest BCUT2D eigenvalue weighted by atomic mass is 16.1. The Labute approximate surface area is 109 Å². The molecule has 0 unspecified atom stereocenters. The molecule has 1 saturated heterocycles. The number of rotatable bonds is 3. The average Bonchev–Trinajstić information content (AvgIpc) is 2.39. The fourth-order valence-electron chi connectivity index (χ4n) is 2.25. The number of hydrogen-bond donors (Lipinski definition) is 0. The molecule has 98 valence electrons. The molecule has 0 amide bonds. The van der Waals surface area contributed by atoms with Gasteiger partial charge in [0, 0.05) is 44.0 Å². The van der Waals surface area contributed by atoms with Crippen molar-refractivity contribution in [1.82, 2.24) is 9.88 Å². The van der Waals surface area contributed by atoms with Gasteiger partial charge in [0.1, 0.15) is 5.82 Å². The number of carbonyl (C=O) groups is 1. The molecule has 1 aliphatic rings. The summed E-state index contributed by atoms with van der Waals surface area (Å²) in [6, 6.07) is 4.42. The number of pyridine rings is 1. The standard InChI is InChI=1S/C14H21N3O/c1-11(2)16-6-8-17(9-7-16)14-5-4-13(10-15-14)12(3)18/h4-5,10-11H,6-9H2,1-3H3. The van der Waals surface area contributed by atoms with Crippen LogP contribution in [0.5, 0.6) is 0 Å². The first-order valence-corrected chi connectivity index (χ1v) is 6.54. The molecule has 0 aliphatic carbocycles. The fraction of sp³-hybridized carbons (Fsp3) is 0.571. The molecule has 0 N–H and O–H groups in total. The summed E-state index contributed by atoms with van der Waals surface area (Å²) >= 11 is 0. The Morgan fingerprint density at radius 1 is 1.22 bits per heavy atom. The third-order valence-corrected chi connectivity index (χ3v) is 3.52. The average molecular weight is 247 g/mol. The minimum atomic E-state index is 0.0682. The molecule has 1 fully saturated rings. The third-order valence-electron chi connectivity index (χ3n) is 3.52. The summed E-state index contributed by atoms with van der Waals surface area (Å²) in [5.74, 6) is 1.04. The van der Waals surface area contributed by atoms with Gasteiger partial charge in [-0.25, -0.2) is 4.98 Å². The maximum absolute atomic E-state index is 11.2. The highest BCUT2D eigenvalue weighted by molar-refractivity contribution is 5.93. The van der Waals surface area contributed by atoms with Crippen molar-refractivity contribution < 1.29 is 4.79 Å². The maximum Gasteiger partial charge on any atom is 0.161 e. The Bertz CT molecular complexity index is 406. The van der Waals surface area contributed by atoms with Crippen molar-refractivity contribution in [2.75, 3.05) is 31.1 Å². The highest BCUT2D eigenvalue weighted by Crippen LogP contribution is 2.15. The second-order valence-electron chi connectivity index (χ2n) is 5.08. The predicted octanol–water partition coefficient (Wildman–Crippen LogP) is 1.81. The number of aromatic nitrogens is 1. The molecule has 2 rings (SSSR count).